The summed E-state index contributed by atoms with van der Waals surface area (Å²) in [4.78, 5) is 8.44. The molecular weight excluding hydrogens is 329 g/mol. The first-order chi connectivity index (χ1) is 10.8. The highest BCUT2D eigenvalue weighted by Gasteiger charge is 2.31. The monoisotopic (exact) mass is 344 g/mol. The Morgan fingerprint density at radius 3 is 2.57 bits per heavy atom. The molecule has 0 bridgehead atoms. The third-order valence-corrected chi connectivity index (χ3v) is 3.27. The molecule has 1 heterocycles. The topological polar surface area (TPSA) is 49.8 Å². The van der Waals surface area contributed by atoms with E-state index in [9.17, 15) is 13.2 Å². The number of rotatable bonds is 5. The van der Waals surface area contributed by atoms with Gasteiger partial charge in [0, 0.05) is 18.3 Å². The first-order valence-electron chi connectivity index (χ1n) is 7.03. The number of aromatic nitrogens is 2. The molecule has 0 unspecified atom stereocenters. The third-order valence-electron chi connectivity index (χ3n) is 2.94. The van der Waals surface area contributed by atoms with Gasteiger partial charge < -0.3 is 10.6 Å². The van der Waals surface area contributed by atoms with Gasteiger partial charge >= 0.3 is 6.18 Å². The van der Waals surface area contributed by atoms with Crippen LogP contribution in [0.3, 0.4) is 0 Å². The Bertz CT molecular complexity index is 689. The van der Waals surface area contributed by atoms with Gasteiger partial charge in [-0.3, -0.25) is 0 Å². The first-order valence-corrected chi connectivity index (χ1v) is 7.40. The second-order valence-corrected chi connectivity index (χ2v) is 5.37. The molecule has 0 aliphatic carbocycles. The van der Waals surface area contributed by atoms with E-state index in [1.165, 1.54) is 6.07 Å². The Morgan fingerprint density at radius 2 is 1.91 bits per heavy atom. The molecule has 2 N–H and O–H groups in total. The molecule has 2 rings (SSSR count). The van der Waals surface area contributed by atoms with E-state index >= 15 is 0 Å². The molecule has 23 heavy (non-hydrogen) atoms. The normalized spacial score (nSPS) is 11.4. The lowest BCUT2D eigenvalue weighted by Gasteiger charge is -2.13. The van der Waals surface area contributed by atoms with E-state index in [4.69, 9.17) is 11.6 Å². The maximum atomic E-state index is 12.8. The summed E-state index contributed by atoms with van der Waals surface area (Å²) in [5.74, 6) is 0.787. The van der Waals surface area contributed by atoms with Crippen LogP contribution >= 0.6 is 11.6 Å². The smallest absolute Gasteiger partial charge is 0.354 e. The Morgan fingerprint density at radius 1 is 1.17 bits per heavy atom. The fraction of sp³-hybridized carbons (Fsp3) is 0.333. The Hall–Kier alpha value is -2.02. The van der Waals surface area contributed by atoms with Crippen molar-refractivity contribution in [2.75, 3.05) is 17.2 Å². The molecule has 0 amide bonds. The number of hydrogen-bond acceptors (Lipinski definition) is 4. The largest absolute Gasteiger partial charge is 0.416 e. The summed E-state index contributed by atoms with van der Waals surface area (Å²) in [7, 11) is 0. The van der Waals surface area contributed by atoms with Crippen molar-refractivity contribution in [3.8, 4) is 0 Å². The van der Waals surface area contributed by atoms with Gasteiger partial charge in [-0.25, -0.2) is 4.98 Å². The summed E-state index contributed by atoms with van der Waals surface area (Å²) in [5, 5.41) is 6.03. The molecule has 2 aromatic rings. The van der Waals surface area contributed by atoms with E-state index in [1.807, 2.05) is 6.92 Å². The van der Waals surface area contributed by atoms with Crippen molar-refractivity contribution in [3.05, 3.63) is 40.5 Å². The van der Waals surface area contributed by atoms with E-state index in [0.29, 0.717) is 24.0 Å². The van der Waals surface area contributed by atoms with E-state index in [0.717, 1.165) is 18.6 Å². The van der Waals surface area contributed by atoms with Crippen molar-refractivity contribution >= 4 is 29.1 Å². The number of anilines is 3. The summed E-state index contributed by atoms with van der Waals surface area (Å²) in [6, 6.07) is 4.73. The quantitative estimate of drug-likeness (QED) is 0.799. The highest BCUT2D eigenvalue weighted by molar-refractivity contribution is 6.33. The summed E-state index contributed by atoms with van der Waals surface area (Å²) in [6.07, 6.45) is -3.53. The van der Waals surface area contributed by atoms with Crippen LogP contribution in [0.15, 0.2) is 24.3 Å². The average Bonchev–Trinajstić information content (AvgIpc) is 2.45. The zero-order valence-corrected chi connectivity index (χ0v) is 13.4. The standard InChI is InChI=1S/C15H16ClF3N4/c1-3-6-20-14-21-9(2)7-13(23-14)22-12-8-10(15(17,18)19)4-5-11(12)16/h4-5,7-8H,3,6H2,1-2H3,(H2,20,21,22,23). The zero-order chi connectivity index (χ0) is 17.0. The maximum Gasteiger partial charge on any atom is 0.416 e. The van der Waals surface area contributed by atoms with E-state index in [2.05, 4.69) is 20.6 Å². The highest BCUT2D eigenvalue weighted by Crippen LogP contribution is 2.34. The van der Waals surface area contributed by atoms with Crippen molar-refractivity contribution in [1.29, 1.82) is 0 Å². The van der Waals surface area contributed by atoms with Crippen LogP contribution in [0.25, 0.3) is 0 Å². The predicted molar refractivity (Wildman–Crippen MR) is 85.3 cm³/mol. The number of benzene rings is 1. The van der Waals surface area contributed by atoms with Crippen molar-refractivity contribution in [1.82, 2.24) is 9.97 Å². The van der Waals surface area contributed by atoms with Crippen LogP contribution in [0.1, 0.15) is 24.6 Å². The van der Waals surface area contributed by atoms with Gasteiger partial charge in [0.1, 0.15) is 5.82 Å². The SMILES string of the molecule is CCCNc1nc(C)cc(Nc2cc(C(F)(F)F)ccc2Cl)n1. The molecular formula is C15H16ClF3N4. The summed E-state index contributed by atoms with van der Waals surface area (Å²) in [6.45, 7) is 4.48. The van der Waals surface area contributed by atoms with E-state index < -0.39 is 11.7 Å². The third kappa shape index (κ3) is 4.72. The first kappa shape index (κ1) is 17.3. The highest BCUT2D eigenvalue weighted by atomic mass is 35.5. The molecule has 4 nitrogen and oxygen atoms in total. The van der Waals surface area contributed by atoms with Gasteiger partial charge in [-0.1, -0.05) is 18.5 Å². The number of nitrogens with zero attached hydrogens (tertiary/aromatic N) is 2. The number of halogens is 4. The summed E-state index contributed by atoms with van der Waals surface area (Å²) < 4.78 is 38.4. The average molecular weight is 345 g/mol. The molecule has 8 heteroatoms. The van der Waals surface area contributed by atoms with Gasteiger partial charge in [0.2, 0.25) is 5.95 Å². The van der Waals surface area contributed by atoms with Crippen molar-refractivity contribution in [3.63, 3.8) is 0 Å². The molecule has 0 saturated carbocycles. The van der Waals surface area contributed by atoms with Gasteiger partial charge in [0.05, 0.1) is 16.3 Å². The van der Waals surface area contributed by atoms with Crippen LogP contribution in [0.4, 0.5) is 30.6 Å². The van der Waals surface area contributed by atoms with Gasteiger partial charge in [0.25, 0.3) is 0 Å². The molecule has 124 valence electrons. The lowest BCUT2D eigenvalue weighted by atomic mass is 10.2. The van der Waals surface area contributed by atoms with Crippen LogP contribution in [0.5, 0.6) is 0 Å². The number of alkyl halides is 3. The van der Waals surface area contributed by atoms with Crippen molar-refractivity contribution in [2.45, 2.75) is 26.4 Å². The lowest BCUT2D eigenvalue weighted by Crippen LogP contribution is -2.08. The molecule has 1 aromatic heterocycles. The number of aryl methyl sites for hydroxylation is 1. The fourth-order valence-electron chi connectivity index (χ4n) is 1.88. The van der Waals surface area contributed by atoms with Gasteiger partial charge in [-0.15, -0.1) is 0 Å². The fourth-order valence-corrected chi connectivity index (χ4v) is 2.05. The molecule has 0 aliphatic rings. The number of nitrogens with one attached hydrogen (secondary N) is 2. The minimum Gasteiger partial charge on any atom is -0.354 e. The van der Waals surface area contributed by atoms with E-state index in [1.54, 1.807) is 13.0 Å². The molecule has 1 aromatic carbocycles. The maximum absolute atomic E-state index is 12.8. The summed E-state index contributed by atoms with van der Waals surface area (Å²) in [5.41, 5.74) is 0.0461. The van der Waals surface area contributed by atoms with Crippen LogP contribution in [-0.2, 0) is 6.18 Å². The van der Waals surface area contributed by atoms with Crippen molar-refractivity contribution < 1.29 is 13.2 Å². The Kier molecular flexibility index (Phi) is 5.30. The molecule has 0 atom stereocenters. The number of hydrogen-bond donors (Lipinski definition) is 2. The van der Waals surface area contributed by atoms with Gasteiger partial charge in [0.15, 0.2) is 0 Å². The van der Waals surface area contributed by atoms with Crippen LogP contribution in [0.2, 0.25) is 5.02 Å². The molecule has 0 radical (unpaired) electrons. The van der Waals surface area contributed by atoms with Crippen LogP contribution in [0, 0.1) is 6.92 Å². The van der Waals surface area contributed by atoms with Crippen molar-refractivity contribution in [2.24, 2.45) is 0 Å². The zero-order valence-electron chi connectivity index (χ0n) is 12.6. The lowest BCUT2D eigenvalue weighted by molar-refractivity contribution is -0.137. The molecule has 0 aliphatic heterocycles. The molecule has 0 saturated heterocycles. The second kappa shape index (κ2) is 7.04. The minimum atomic E-state index is -4.43. The van der Waals surface area contributed by atoms with Gasteiger partial charge in [-0.2, -0.15) is 18.2 Å². The Balaban J connectivity index is 2.30. The minimum absolute atomic E-state index is 0.140. The predicted octanol–water partition coefficient (Wildman–Crippen LogP) is 5.02. The van der Waals surface area contributed by atoms with Crippen LogP contribution < -0.4 is 10.6 Å². The molecule has 0 spiro atoms. The Labute approximate surface area is 137 Å². The van der Waals surface area contributed by atoms with Gasteiger partial charge in [-0.05, 0) is 31.5 Å². The van der Waals surface area contributed by atoms with E-state index in [-0.39, 0.29) is 10.7 Å². The second-order valence-electron chi connectivity index (χ2n) is 4.96. The molecule has 0 fully saturated rings. The van der Waals surface area contributed by atoms with Crippen LogP contribution in [-0.4, -0.2) is 16.5 Å². The summed E-state index contributed by atoms with van der Waals surface area (Å²) >= 11 is 5.97.